The van der Waals surface area contributed by atoms with Crippen LogP contribution in [-0.4, -0.2) is 31.4 Å². The Hall–Kier alpha value is -1.26. The van der Waals surface area contributed by atoms with E-state index >= 15 is 0 Å². The number of aliphatic hydroxyl groups is 1. The molecule has 0 unspecified atom stereocenters. The number of nitrogens with zero attached hydrogens (tertiary/aromatic N) is 1. The van der Waals surface area contributed by atoms with Gasteiger partial charge in [0.05, 0.1) is 13.7 Å². The number of hydrogen-bond donors (Lipinski definition) is 2. The van der Waals surface area contributed by atoms with Crippen LogP contribution >= 0.6 is 0 Å². The second kappa shape index (κ2) is 5.38. The minimum atomic E-state index is 0.164. The summed E-state index contributed by atoms with van der Waals surface area (Å²) in [5, 5.41) is 9.16. The first kappa shape index (κ1) is 12.2. The second-order valence-corrected chi connectivity index (χ2v) is 4.35. The summed E-state index contributed by atoms with van der Waals surface area (Å²) in [6.07, 6.45) is 2.39. The fourth-order valence-electron chi connectivity index (χ4n) is 2.10. The molecule has 0 amide bonds. The molecule has 0 saturated heterocycles. The maximum Gasteiger partial charge on any atom is 0.120 e. The van der Waals surface area contributed by atoms with E-state index in [1.807, 2.05) is 18.2 Å². The summed E-state index contributed by atoms with van der Waals surface area (Å²) in [6, 6.07) is 6.49. The van der Waals surface area contributed by atoms with Crippen LogP contribution in [0.25, 0.3) is 0 Å². The van der Waals surface area contributed by atoms with Gasteiger partial charge in [0.15, 0.2) is 0 Å². The summed E-state index contributed by atoms with van der Waals surface area (Å²) in [6.45, 7) is 1.33. The van der Waals surface area contributed by atoms with Crippen LogP contribution in [0.5, 0.6) is 5.75 Å². The van der Waals surface area contributed by atoms with Gasteiger partial charge >= 0.3 is 0 Å². The molecule has 94 valence electrons. The quantitative estimate of drug-likeness (QED) is 0.777. The standard InChI is InChI=1S/C13H20N2O2/c1-17-12-5-2-10(9-14)13(8-12)15(6-7-16)11-3-4-11/h2,5,8,11,16H,3-4,6-7,9,14H2,1H3. The lowest BCUT2D eigenvalue weighted by Gasteiger charge is -2.26. The number of benzene rings is 1. The highest BCUT2D eigenvalue weighted by atomic mass is 16.5. The normalized spacial score (nSPS) is 14.8. The summed E-state index contributed by atoms with van der Waals surface area (Å²) >= 11 is 0. The molecule has 1 saturated carbocycles. The van der Waals surface area contributed by atoms with Crippen molar-refractivity contribution in [3.05, 3.63) is 23.8 Å². The first-order chi connectivity index (χ1) is 8.30. The fourth-order valence-corrected chi connectivity index (χ4v) is 2.10. The molecule has 0 spiro atoms. The van der Waals surface area contributed by atoms with Crippen molar-refractivity contribution in [3.8, 4) is 5.75 Å². The van der Waals surface area contributed by atoms with Gasteiger partial charge in [0.1, 0.15) is 5.75 Å². The van der Waals surface area contributed by atoms with Gasteiger partial charge in [-0.3, -0.25) is 0 Å². The summed E-state index contributed by atoms with van der Waals surface area (Å²) in [5.41, 5.74) is 7.97. The molecule has 4 nitrogen and oxygen atoms in total. The Morgan fingerprint density at radius 2 is 2.24 bits per heavy atom. The molecule has 17 heavy (non-hydrogen) atoms. The predicted octanol–water partition coefficient (Wildman–Crippen LogP) is 1.11. The Balaban J connectivity index is 2.31. The third-order valence-electron chi connectivity index (χ3n) is 3.15. The molecule has 1 aliphatic rings. The number of ether oxygens (including phenoxy) is 1. The van der Waals surface area contributed by atoms with Gasteiger partial charge in [-0.05, 0) is 24.5 Å². The molecule has 0 aromatic heterocycles. The number of anilines is 1. The van der Waals surface area contributed by atoms with Crippen molar-refractivity contribution in [1.82, 2.24) is 0 Å². The molecule has 0 bridgehead atoms. The van der Waals surface area contributed by atoms with Gasteiger partial charge in [0, 0.05) is 30.9 Å². The summed E-state index contributed by atoms with van der Waals surface area (Å²) in [5.74, 6) is 0.834. The van der Waals surface area contributed by atoms with Crippen LogP contribution < -0.4 is 15.4 Å². The number of aliphatic hydroxyl groups excluding tert-OH is 1. The minimum absolute atomic E-state index is 0.164. The molecule has 0 radical (unpaired) electrons. The maximum atomic E-state index is 9.16. The van der Waals surface area contributed by atoms with E-state index in [1.165, 1.54) is 12.8 Å². The Bertz CT molecular complexity index is 378. The molecule has 1 aromatic rings. The van der Waals surface area contributed by atoms with Crippen LogP contribution in [-0.2, 0) is 6.54 Å². The zero-order valence-corrected chi connectivity index (χ0v) is 10.2. The van der Waals surface area contributed by atoms with Crippen molar-refractivity contribution in [2.24, 2.45) is 5.73 Å². The van der Waals surface area contributed by atoms with Crippen LogP contribution in [0, 0.1) is 0 Å². The van der Waals surface area contributed by atoms with Gasteiger partial charge in [0.2, 0.25) is 0 Å². The van der Waals surface area contributed by atoms with Gasteiger partial charge in [-0.1, -0.05) is 6.07 Å². The third-order valence-corrected chi connectivity index (χ3v) is 3.15. The van der Waals surface area contributed by atoms with Gasteiger partial charge in [-0.15, -0.1) is 0 Å². The van der Waals surface area contributed by atoms with Crippen molar-refractivity contribution in [3.63, 3.8) is 0 Å². The maximum absolute atomic E-state index is 9.16. The summed E-state index contributed by atoms with van der Waals surface area (Å²) in [4.78, 5) is 2.24. The highest BCUT2D eigenvalue weighted by Gasteiger charge is 2.30. The largest absolute Gasteiger partial charge is 0.497 e. The number of nitrogens with two attached hydrogens (primary N) is 1. The van der Waals surface area contributed by atoms with E-state index in [0.29, 0.717) is 19.1 Å². The first-order valence-electron chi connectivity index (χ1n) is 6.04. The van der Waals surface area contributed by atoms with E-state index in [9.17, 15) is 0 Å². The van der Waals surface area contributed by atoms with E-state index in [1.54, 1.807) is 7.11 Å². The Labute approximate surface area is 102 Å². The average Bonchev–Trinajstić information content (AvgIpc) is 3.19. The molecular weight excluding hydrogens is 216 g/mol. The zero-order valence-electron chi connectivity index (χ0n) is 10.2. The van der Waals surface area contributed by atoms with Crippen molar-refractivity contribution in [2.45, 2.75) is 25.4 Å². The lowest BCUT2D eigenvalue weighted by Crippen LogP contribution is -2.30. The van der Waals surface area contributed by atoms with Crippen molar-refractivity contribution in [1.29, 1.82) is 0 Å². The van der Waals surface area contributed by atoms with Gasteiger partial charge in [0.25, 0.3) is 0 Å². The topological polar surface area (TPSA) is 58.7 Å². The van der Waals surface area contributed by atoms with Crippen LogP contribution in [0.1, 0.15) is 18.4 Å². The third kappa shape index (κ3) is 2.70. The molecule has 3 N–H and O–H groups in total. The number of methoxy groups -OCH3 is 1. The van der Waals surface area contributed by atoms with E-state index in [4.69, 9.17) is 15.6 Å². The van der Waals surface area contributed by atoms with Crippen LogP contribution in [0.3, 0.4) is 0 Å². The lowest BCUT2D eigenvalue weighted by molar-refractivity contribution is 0.301. The van der Waals surface area contributed by atoms with E-state index < -0.39 is 0 Å². The monoisotopic (exact) mass is 236 g/mol. The SMILES string of the molecule is COc1ccc(CN)c(N(CCO)C2CC2)c1. The zero-order chi connectivity index (χ0) is 12.3. The van der Waals surface area contributed by atoms with Gasteiger partial charge < -0.3 is 20.5 Å². The second-order valence-electron chi connectivity index (χ2n) is 4.35. The smallest absolute Gasteiger partial charge is 0.120 e. The summed E-state index contributed by atoms with van der Waals surface area (Å²) in [7, 11) is 1.66. The fraction of sp³-hybridized carbons (Fsp3) is 0.538. The first-order valence-corrected chi connectivity index (χ1v) is 6.04. The Kier molecular flexibility index (Phi) is 3.86. The summed E-state index contributed by atoms with van der Waals surface area (Å²) < 4.78 is 5.25. The molecule has 0 atom stereocenters. The molecular formula is C13H20N2O2. The van der Waals surface area contributed by atoms with Gasteiger partial charge in [-0.25, -0.2) is 0 Å². The van der Waals surface area contributed by atoms with E-state index in [0.717, 1.165) is 17.0 Å². The molecule has 1 fully saturated rings. The highest BCUT2D eigenvalue weighted by Crippen LogP contribution is 2.35. The molecule has 2 rings (SSSR count). The lowest BCUT2D eigenvalue weighted by atomic mass is 10.1. The number of rotatable bonds is 6. The molecule has 4 heteroatoms. The van der Waals surface area contributed by atoms with E-state index in [2.05, 4.69) is 4.90 Å². The predicted molar refractivity (Wildman–Crippen MR) is 68.3 cm³/mol. The molecule has 0 heterocycles. The van der Waals surface area contributed by atoms with E-state index in [-0.39, 0.29) is 6.61 Å². The molecule has 1 aliphatic carbocycles. The van der Waals surface area contributed by atoms with Crippen molar-refractivity contribution in [2.75, 3.05) is 25.2 Å². The minimum Gasteiger partial charge on any atom is -0.497 e. The highest BCUT2D eigenvalue weighted by molar-refractivity contribution is 5.58. The Morgan fingerprint density at radius 1 is 1.47 bits per heavy atom. The van der Waals surface area contributed by atoms with Crippen molar-refractivity contribution >= 4 is 5.69 Å². The van der Waals surface area contributed by atoms with Crippen LogP contribution in [0.15, 0.2) is 18.2 Å². The van der Waals surface area contributed by atoms with Crippen LogP contribution in [0.4, 0.5) is 5.69 Å². The number of hydrogen-bond acceptors (Lipinski definition) is 4. The average molecular weight is 236 g/mol. The van der Waals surface area contributed by atoms with Crippen molar-refractivity contribution < 1.29 is 9.84 Å². The van der Waals surface area contributed by atoms with Crippen LogP contribution in [0.2, 0.25) is 0 Å². The van der Waals surface area contributed by atoms with Gasteiger partial charge in [-0.2, -0.15) is 0 Å². The Morgan fingerprint density at radius 3 is 2.76 bits per heavy atom. The molecule has 1 aromatic carbocycles. The molecule has 0 aliphatic heterocycles.